The Kier molecular flexibility index (Phi) is 3.30. The summed E-state index contributed by atoms with van der Waals surface area (Å²) in [6.45, 7) is 0. The Morgan fingerprint density at radius 2 is 2.14 bits per heavy atom. The van der Waals surface area contributed by atoms with Crippen molar-refractivity contribution in [2.45, 2.75) is 12.5 Å². The van der Waals surface area contributed by atoms with E-state index in [0.29, 0.717) is 11.8 Å². The highest BCUT2D eigenvalue weighted by molar-refractivity contribution is 5.53. The second-order valence-corrected chi connectivity index (χ2v) is 2.82. The maximum atomic E-state index is 10.6. The van der Waals surface area contributed by atoms with Crippen molar-refractivity contribution in [3.8, 4) is 0 Å². The highest BCUT2D eigenvalue weighted by Gasteiger charge is 2.17. The van der Waals surface area contributed by atoms with E-state index < -0.39 is 11.0 Å². The fourth-order valence-corrected chi connectivity index (χ4v) is 1.20. The Hall–Kier alpha value is -1.75. The van der Waals surface area contributed by atoms with Gasteiger partial charge in [0.15, 0.2) is 0 Å². The topological polar surface area (TPSA) is 86.2 Å². The predicted molar refractivity (Wildman–Crippen MR) is 50.7 cm³/mol. The molecule has 0 aliphatic carbocycles. The number of hydrogen-bond acceptors (Lipinski definition) is 4. The van der Waals surface area contributed by atoms with Crippen LogP contribution in [-0.4, -0.2) is 11.2 Å². The Balaban J connectivity index is 3.06. The summed E-state index contributed by atoms with van der Waals surface area (Å²) in [5.41, 5.74) is 5.96. The van der Waals surface area contributed by atoms with Crippen molar-refractivity contribution in [3.63, 3.8) is 0 Å². The van der Waals surface area contributed by atoms with Gasteiger partial charge in [-0.3, -0.25) is 10.1 Å². The molecule has 1 atom stereocenters. The van der Waals surface area contributed by atoms with E-state index in [-0.39, 0.29) is 12.1 Å². The van der Waals surface area contributed by atoms with Gasteiger partial charge in [0, 0.05) is 24.1 Å². The molecule has 2 N–H and O–H groups in total. The van der Waals surface area contributed by atoms with Gasteiger partial charge in [-0.05, 0) is 0 Å². The summed E-state index contributed by atoms with van der Waals surface area (Å²) in [5, 5.41) is 10.6. The smallest absolute Gasteiger partial charge is 0.274 e. The van der Waals surface area contributed by atoms with Gasteiger partial charge in [0.05, 0.1) is 4.92 Å². The first-order valence-corrected chi connectivity index (χ1v) is 4.09. The summed E-state index contributed by atoms with van der Waals surface area (Å²) < 4.78 is 0. The van der Waals surface area contributed by atoms with Crippen molar-refractivity contribution >= 4 is 12.0 Å². The monoisotopic (exact) mass is 194 g/mol. The number of rotatable bonds is 4. The fourth-order valence-electron chi connectivity index (χ4n) is 1.20. The van der Waals surface area contributed by atoms with Crippen LogP contribution in [0.25, 0.3) is 0 Å². The molecule has 1 aromatic rings. The third-order valence-electron chi connectivity index (χ3n) is 1.88. The van der Waals surface area contributed by atoms with Gasteiger partial charge < -0.3 is 10.5 Å². The van der Waals surface area contributed by atoms with Crippen LogP contribution in [0.2, 0.25) is 0 Å². The Morgan fingerprint density at radius 1 is 1.50 bits per heavy atom. The van der Waals surface area contributed by atoms with E-state index >= 15 is 0 Å². The molecule has 0 aromatic heterocycles. The highest BCUT2D eigenvalue weighted by atomic mass is 16.6. The molecule has 0 spiro atoms. The van der Waals surface area contributed by atoms with Crippen molar-refractivity contribution in [3.05, 3.63) is 39.9 Å². The van der Waals surface area contributed by atoms with Gasteiger partial charge in [-0.15, -0.1) is 0 Å². The quantitative estimate of drug-likeness (QED) is 0.443. The first kappa shape index (κ1) is 10.3. The highest BCUT2D eigenvalue weighted by Crippen LogP contribution is 2.24. The van der Waals surface area contributed by atoms with Gasteiger partial charge in [-0.2, -0.15) is 0 Å². The van der Waals surface area contributed by atoms with Crippen LogP contribution in [0.1, 0.15) is 18.0 Å². The molecule has 5 heteroatoms. The van der Waals surface area contributed by atoms with E-state index in [2.05, 4.69) is 0 Å². The molecule has 0 fully saturated rings. The van der Waals surface area contributed by atoms with Crippen LogP contribution in [0, 0.1) is 10.1 Å². The summed E-state index contributed by atoms with van der Waals surface area (Å²) in [7, 11) is 0. The largest absolute Gasteiger partial charge is 0.323 e. The van der Waals surface area contributed by atoms with Gasteiger partial charge in [0.25, 0.3) is 5.69 Å². The molecule has 0 radical (unpaired) electrons. The molecule has 1 rings (SSSR count). The second-order valence-electron chi connectivity index (χ2n) is 2.82. The van der Waals surface area contributed by atoms with Crippen molar-refractivity contribution in [1.82, 2.24) is 0 Å². The van der Waals surface area contributed by atoms with Crippen molar-refractivity contribution < 1.29 is 9.72 Å². The van der Waals surface area contributed by atoms with Gasteiger partial charge in [0.2, 0.25) is 0 Å². The molecule has 14 heavy (non-hydrogen) atoms. The van der Waals surface area contributed by atoms with E-state index in [4.69, 9.17) is 5.73 Å². The first-order valence-electron chi connectivity index (χ1n) is 4.09. The number of carbonyl (C=O) groups is 1. The summed E-state index contributed by atoms with van der Waals surface area (Å²) in [4.78, 5) is 20.3. The fraction of sp³-hybridized carbons (Fsp3) is 0.222. The lowest BCUT2D eigenvalue weighted by Gasteiger charge is -2.07. The number of nitrogens with two attached hydrogens (primary N) is 1. The first-order chi connectivity index (χ1) is 6.66. The van der Waals surface area contributed by atoms with Gasteiger partial charge in [-0.1, -0.05) is 18.2 Å². The van der Waals surface area contributed by atoms with Gasteiger partial charge in [-0.25, -0.2) is 0 Å². The summed E-state index contributed by atoms with van der Waals surface area (Å²) in [6.07, 6.45) is 0.742. The maximum absolute atomic E-state index is 10.6. The van der Waals surface area contributed by atoms with E-state index in [1.807, 2.05) is 0 Å². The lowest BCUT2D eigenvalue weighted by atomic mass is 10.0. The number of aldehydes is 1. The summed E-state index contributed by atoms with van der Waals surface area (Å²) in [6, 6.07) is 5.56. The van der Waals surface area contributed by atoms with Crippen LogP contribution in [0.5, 0.6) is 0 Å². The third-order valence-corrected chi connectivity index (χ3v) is 1.88. The Morgan fingerprint density at radius 3 is 2.71 bits per heavy atom. The number of nitro benzene ring substituents is 1. The molecule has 0 aliphatic heterocycles. The molecular formula is C9H10N2O3. The normalized spacial score (nSPS) is 12.1. The average molecular weight is 194 g/mol. The number of para-hydroxylation sites is 1. The number of nitrogens with zero attached hydrogens (tertiary/aromatic N) is 1. The minimum atomic E-state index is -0.603. The van der Waals surface area contributed by atoms with E-state index in [1.165, 1.54) is 6.07 Å². The van der Waals surface area contributed by atoms with Crippen LogP contribution in [0.3, 0.4) is 0 Å². The van der Waals surface area contributed by atoms with E-state index in [0.717, 1.165) is 0 Å². The summed E-state index contributed by atoms with van der Waals surface area (Å²) in [5.74, 6) is 0. The van der Waals surface area contributed by atoms with Crippen LogP contribution < -0.4 is 5.73 Å². The molecule has 1 aromatic carbocycles. The van der Waals surface area contributed by atoms with Crippen molar-refractivity contribution in [2.75, 3.05) is 0 Å². The van der Waals surface area contributed by atoms with Crippen LogP contribution in [0.4, 0.5) is 5.69 Å². The SMILES string of the molecule is NC(CC=O)c1ccccc1[N+](=O)[O-]. The molecule has 1 unspecified atom stereocenters. The van der Waals surface area contributed by atoms with Crippen LogP contribution >= 0.6 is 0 Å². The standard InChI is InChI=1S/C9H10N2O3/c10-8(5-6-12)7-3-1-2-4-9(7)11(13)14/h1-4,6,8H,5,10H2. The van der Waals surface area contributed by atoms with Crippen LogP contribution in [0.15, 0.2) is 24.3 Å². The number of hydrogen-bond donors (Lipinski definition) is 1. The molecule has 0 saturated heterocycles. The van der Waals surface area contributed by atoms with Gasteiger partial charge in [0.1, 0.15) is 6.29 Å². The lowest BCUT2D eigenvalue weighted by Crippen LogP contribution is -2.12. The molecule has 0 aliphatic rings. The minimum Gasteiger partial charge on any atom is -0.323 e. The zero-order valence-corrected chi connectivity index (χ0v) is 7.42. The maximum Gasteiger partial charge on any atom is 0.274 e. The molecular weight excluding hydrogens is 184 g/mol. The zero-order chi connectivity index (χ0) is 10.6. The molecule has 74 valence electrons. The van der Waals surface area contributed by atoms with Gasteiger partial charge >= 0.3 is 0 Å². The molecule has 0 saturated carbocycles. The molecule has 0 bridgehead atoms. The summed E-state index contributed by atoms with van der Waals surface area (Å²) >= 11 is 0. The van der Waals surface area contributed by atoms with Crippen LogP contribution in [-0.2, 0) is 4.79 Å². The zero-order valence-electron chi connectivity index (χ0n) is 7.42. The minimum absolute atomic E-state index is 0.0400. The molecule has 5 nitrogen and oxygen atoms in total. The lowest BCUT2D eigenvalue weighted by molar-refractivity contribution is -0.385. The Bertz CT molecular complexity index is 352. The predicted octanol–water partition coefficient (Wildman–Crippen LogP) is 1.18. The van der Waals surface area contributed by atoms with E-state index in [1.54, 1.807) is 18.2 Å². The van der Waals surface area contributed by atoms with Crippen molar-refractivity contribution in [2.24, 2.45) is 5.73 Å². The Labute approximate surface area is 80.7 Å². The number of nitro groups is 1. The second kappa shape index (κ2) is 4.48. The average Bonchev–Trinajstić information content (AvgIpc) is 2.18. The van der Waals surface area contributed by atoms with Crippen molar-refractivity contribution in [1.29, 1.82) is 0 Å². The van der Waals surface area contributed by atoms with E-state index in [9.17, 15) is 14.9 Å². The number of benzene rings is 1. The molecule has 0 heterocycles. The molecule has 0 amide bonds. The number of carbonyl (C=O) groups excluding carboxylic acids is 1. The third kappa shape index (κ3) is 2.14.